The predicted octanol–water partition coefficient (Wildman–Crippen LogP) is 3.91. The third-order valence-electron chi connectivity index (χ3n) is 3.57. The van der Waals surface area contributed by atoms with Gasteiger partial charge in [0.15, 0.2) is 0 Å². The third-order valence-corrected chi connectivity index (χ3v) is 4.39. The van der Waals surface area contributed by atoms with Gasteiger partial charge in [-0.1, -0.05) is 85.1 Å². The van der Waals surface area contributed by atoms with Gasteiger partial charge in [0.25, 0.3) is 0 Å². The Bertz CT molecular complexity index is 569. The van der Waals surface area contributed by atoms with E-state index in [0.29, 0.717) is 0 Å². The molecule has 0 aromatic heterocycles. The van der Waals surface area contributed by atoms with Crippen LogP contribution in [-0.2, 0) is 12.8 Å². The highest BCUT2D eigenvalue weighted by Gasteiger charge is 2.14. The monoisotopic (exact) mass is 328 g/mol. The van der Waals surface area contributed by atoms with E-state index in [-0.39, 0.29) is 0 Å². The van der Waals surface area contributed by atoms with Crippen LogP contribution in [0.15, 0.2) is 60.7 Å². The van der Waals surface area contributed by atoms with Gasteiger partial charge in [0.1, 0.15) is 9.98 Å². The maximum atomic E-state index is 5.54. The van der Waals surface area contributed by atoms with Gasteiger partial charge >= 0.3 is 0 Å². The minimum Gasteiger partial charge on any atom is -0.281 e. The van der Waals surface area contributed by atoms with Crippen molar-refractivity contribution in [3.8, 4) is 0 Å². The number of hydrogen-bond acceptors (Lipinski definition) is 2. The zero-order chi connectivity index (χ0) is 15.9. The highest BCUT2D eigenvalue weighted by Crippen LogP contribution is 2.08. The topological polar surface area (TPSA) is 6.48 Å². The van der Waals surface area contributed by atoms with Gasteiger partial charge in [0, 0.05) is 26.9 Å². The molecule has 0 atom stereocenters. The van der Waals surface area contributed by atoms with E-state index >= 15 is 0 Å². The average molecular weight is 329 g/mol. The van der Waals surface area contributed by atoms with E-state index in [2.05, 4.69) is 24.3 Å². The number of benzene rings is 2. The van der Waals surface area contributed by atoms with E-state index in [0.717, 1.165) is 22.8 Å². The summed E-state index contributed by atoms with van der Waals surface area (Å²) in [5, 5.41) is 3.90. The molecule has 0 spiro atoms. The summed E-state index contributed by atoms with van der Waals surface area (Å²) < 4.78 is 0. The largest absolute Gasteiger partial charge is 0.281 e. The molecule has 0 aliphatic carbocycles. The summed E-state index contributed by atoms with van der Waals surface area (Å²) in [7, 11) is 3.92. The Morgan fingerprint density at radius 3 is 1.32 bits per heavy atom. The van der Waals surface area contributed by atoms with Crippen LogP contribution < -0.4 is 0 Å². The molecule has 2 aromatic rings. The third kappa shape index (κ3) is 4.61. The first kappa shape index (κ1) is 16.6. The molecule has 0 N–H and O–H groups in total. The van der Waals surface area contributed by atoms with E-state index in [1.807, 2.05) is 60.5 Å². The number of nitrogens with zero attached hydrogens (tertiary/aromatic N) is 2. The van der Waals surface area contributed by atoms with Gasteiger partial charge < -0.3 is 0 Å². The molecule has 0 radical (unpaired) electrons. The van der Waals surface area contributed by atoms with E-state index in [1.165, 1.54) is 11.1 Å². The van der Waals surface area contributed by atoms with Crippen LogP contribution in [0.2, 0.25) is 0 Å². The summed E-state index contributed by atoms with van der Waals surface area (Å²) in [6, 6.07) is 20.5. The molecular formula is C18H20N2S2. The standard InChI is InChI=1S/C18H20N2S2/c1-19(17(21)13-15-9-5-3-6-10-15)20(2)18(22)14-16-11-7-4-8-12-16/h3-12H,13-14H2,1-2H3. The van der Waals surface area contributed by atoms with E-state index < -0.39 is 0 Å². The van der Waals surface area contributed by atoms with Crippen LogP contribution >= 0.6 is 24.4 Å². The molecule has 0 saturated carbocycles. The van der Waals surface area contributed by atoms with Crippen molar-refractivity contribution in [2.24, 2.45) is 0 Å². The first-order valence-corrected chi connectivity index (χ1v) is 8.00. The Labute approximate surface area is 143 Å². The molecule has 0 saturated heterocycles. The molecule has 22 heavy (non-hydrogen) atoms. The molecule has 2 aromatic carbocycles. The molecule has 4 heteroatoms. The van der Waals surface area contributed by atoms with Crippen LogP contribution in [0, 0.1) is 0 Å². The number of hydrazine groups is 1. The molecule has 2 nitrogen and oxygen atoms in total. The fourth-order valence-corrected chi connectivity index (χ4v) is 2.68. The van der Waals surface area contributed by atoms with Crippen LogP contribution in [0.3, 0.4) is 0 Å². The second-order valence-corrected chi connectivity index (χ2v) is 6.10. The van der Waals surface area contributed by atoms with Gasteiger partial charge in [-0.25, -0.2) is 0 Å². The van der Waals surface area contributed by atoms with Crippen molar-refractivity contribution in [3.63, 3.8) is 0 Å². The second kappa shape index (κ2) is 8.01. The van der Waals surface area contributed by atoms with Gasteiger partial charge in [0.2, 0.25) is 0 Å². The summed E-state index contributed by atoms with van der Waals surface area (Å²) in [6.07, 6.45) is 1.48. The molecule has 0 unspecified atom stereocenters. The summed E-state index contributed by atoms with van der Waals surface area (Å²) in [6.45, 7) is 0. The molecule has 0 bridgehead atoms. The normalized spacial score (nSPS) is 10.1. The van der Waals surface area contributed by atoms with Crippen LogP contribution in [0.4, 0.5) is 0 Å². The van der Waals surface area contributed by atoms with E-state index in [1.54, 1.807) is 0 Å². The van der Waals surface area contributed by atoms with Crippen molar-refractivity contribution in [1.82, 2.24) is 10.0 Å². The fraction of sp³-hybridized carbons (Fsp3) is 0.222. The Hall–Kier alpha value is -1.78. The van der Waals surface area contributed by atoms with E-state index in [9.17, 15) is 0 Å². The predicted molar refractivity (Wildman–Crippen MR) is 101 cm³/mol. The van der Waals surface area contributed by atoms with Gasteiger partial charge in [-0.3, -0.25) is 10.0 Å². The van der Waals surface area contributed by atoms with Crippen molar-refractivity contribution in [2.75, 3.05) is 14.1 Å². The van der Waals surface area contributed by atoms with Crippen molar-refractivity contribution >= 4 is 34.4 Å². The summed E-state index contributed by atoms with van der Waals surface area (Å²) >= 11 is 11.1. The molecule has 114 valence electrons. The SMILES string of the molecule is CN(C(=S)Cc1ccccc1)N(C)C(=S)Cc1ccccc1. The van der Waals surface area contributed by atoms with Crippen LogP contribution in [0.5, 0.6) is 0 Å². The quantitative estimate of drug-likeness (QED) is 0.620. The lowest BCUT2D eigenvalue weighted by Crippen LogP contribution is -2.44. The molecular weight excluding hydrogens is 308 g/mol. The zero-order valence-electron chi connectivity index (χ0n) is 12.9. The second-order valence-electron chi connectivity index (χ2n) is 5.16. The lowest BCUT2D eigenvalue weighted by molar-refractivity contribution is 0.209. The zero-order valence-corrected chi connectivity index (χ0v) is 14.5. The number of rotatable bonds is 4. The Balaban J connectivity index is 1.94. The van der Waals surface area contributed by atoms with Crippen molar-refractivity contribution < 1.29 is 0 Å². The van der Waals surface area contributed by atoms with Crippen LogP contribution in [-0.4, -0.2) is 34.1 Å². The van der Waals surface area contributed by atoms with Crippen LogP contribution in [0.25, 0.3) is 0 Å². The maximum Gasteiger partial charge on any atom is 0.101 e. The number of likely N-dealkylation sites (N-methyl/N-ethyl adjacent to an activating group) is 2. The lowest BCUT2D eigenvalue weighted by atomic mass is 10.1. The minimum absolute atomic E-state index is 0.741. The van der Waals surface area contributed by atoms with Gasteiger partial charge in [0.05, 0.1) is 0 Å². The first-order valence-electron chi connectivity index (χ1n) is 7.19. The van der Waals surface area contributed by atoms with Crippen molar-refractivity contribution in [3.05, 3.63) is 71.8 Å². The molecule has 0 aliphatic heterocycles. The minimum atomic E-state index is 0.741. The maximum absolute atomic E-state index is 5.54. The summed E-state index contributed by atoms with van der Waals surface area (Å²) in [4.78, 5) is 1.70. The van der Waals surface area contributed by atoms with Crippen molar-refractivity contribution in [2.45, 2.75) is 12.8 Å². The highest BCUT2D eigenvalue weighted by atomic mass is 32.1. The number of thiocarbonyl (C=S) groups is 2. The average Bonchev–Trinajstić information content (AvgIpc) is 2.55. The van der Waals surface area contributed by atoms with Crippen molar-refractivity contribution in [1.29, 1.82) is 0 Å². The molecule has 0 aliphatic rings. The summed E-state index contributed by atoms with van der Waals surface area (Å²) in [5.74, 6) is 0. The van der Waals surface area contributed by atoms with E-state index in [4.69, 9.17) is 24.4 Å². The first-order chi connectivity index (χ1) is 10.6. The Morgan fingerprint density at radius 1 is 0.682 bits per heavy atom. The van der Waals surface area contributed by atoms with Gasteiger partial charge in [-0.15, -0.1) is 0 Å². The smallest absolute Gasteiger partial charge is 0.101 e. The Morgan fingerprint density at radius 2 is 1.00 bits per heavy atom. The molecule has 0 heterocycles. The molecule has 0 amide bonds. The highest BCUT2D eigenvalue weighted by molar-refractivity contribution is 7.80. The Kier molecular flexibility index (Phi) is 6.04. The molecule has 2 rings (SSSR count). The molecule has 0 fully saturated rings. The lowest BCUT2D eigenvalue weighted by Gasteiger charge is -2.32. The van der Waals surface area contributed by atoms with Gasteiger partial charge in [-0.05, 0) is 11.1 Å². The fourth-order valence-electron chi connectivity index (χ4n) is 2.10. The van der Waals surface area contributed by atoms with Gasteiger partial charge in [-0.2, -0.15) is 0 Å². The summed E-state index contributed by atoms with van der Waals surface area (Å²) in [5.41, 5.74) is 2.42. The van der Waals surface area contributed by atoms with Crippen LogP contribution in [0.1, 0.15) is 11.1 Å². The number of hydrogen-bond donors (Lipinski definition) is 0.